The van der Waals surface area contributed by atoms with Crippen LogP contribution < -0.4 is 4.74 Å². The third kappa shape index (κ3) is 2.33. The quantitative estimate of drug-likeness (QED) is 0.873. The molecule has 0 radical (unpaired) electrons. The maximum absolute atomic E-state index is 14.0. The molecule has 0 spiro atoms. The summed E-state index contributed by atoms with van der Waals surface area (Å²) in [5.74, 6) is -6.40. The van der Waals surface area contributed by atoms with Crippen LogP contribution in [0.4, 0.5) is 22.0 Å². The highest BCUT2D eigenvalue weighted by atomic mass is 19.4. The lowest BCUT2D eigenvalue weighted by molar-refractivity contribution is -0.339. The van der Waals surface area contributed by atoms with Crippen molar-refractivity contribution in [3.8, 4) is 5.75 Å². The molecule has 0 aliphatic rings. The van der Waals surface area contributed by atoms with Crippen LogP contribution in [0.15, 0.2) is 47.1 Å². The lowest BCUT2D eigenvalue weighted by atomic mass is 9.84. The molecule has 8 heteroatoms. The van der Waals surface area contributed by atoms with Crippen molar-refractivity contribution in [2.75, 3.05) is 7.11 Å². The van der Waals surface area contributed by atoms with Crippen molar-refractivity contribution in [3.63, 3.8) is 0 Å². The highest BCUT2D eigenvalue weighted by Crippen LogP contribution is 2.52. The van der Waals surface area contributed by atoms with Gasteiger partial charge in [-0.15, -0.1) is 0 Å². The maximum atomic E-state index is 14.0. The van der Waals surface area contributed by atoms with Gasteiger partial charge in [-0.25, -0.2) is 0 Å². The topological polar surface area (TPSA) is 42.6 Å². The Balaban J connectivity index is 2.72. The molecule has 1 heterocycles. The molecule has 1 N–H and O–H groups in total. The third-order valence-corrected chi connectivity index (χ3v) is 3.18. The van der Waals surface area contributed by atoms with Crippen molar-refractivity contribution in [1.29, 1.82) is 0 Å². The van der Waals surface area contributed by atoms with Crippen LogP contribution in [0.1, 0.15) is 11.3 Å². The van der Waals surface area contributed by atoms with Crippen LogP contribution in [0.25, 0.3) is 0 Å². The molecule has 22 heavy (non-hydrogen) atoms. The number of halogens is 5. The summed E-state index contributed by atoms with van der Waals surface area (Å²) in [6.45, 7) is 0. The fourth-order valence-corrected chi connectivity index (χ4v) is 2.02. The van der Waals surface area contributed by atoms with E-state index in [2.05, 4.69) is 4.42 Å². The first-order valence-electron chi connectivity index (χ1n) is 6.00. The molecule has 0 amide bonds. The molecule has 0 saturated heterocycles. The van der Waals surface area contributed by atoms with E-state index in [1.165, 1.54) is 19.2 Å². The molecule has 0 fully saturated rings. The van der Waals surface area contributed by atoms with E-state index in [0.717, 1.165) is 30.5 Å². The van der Waals surface area contributed by atoms with E-state index in [9.17, 15) is 27.1 Å². The number of methoxy groups -OCH3 is 1. The van der Waals surface area contributed by atoms with Gasteiger partial charge in [-0.2, -0.15) is 22.0 Å². The van der Waals surface area contributed by atoms with Gasteiger partial charge in [-0.3, -0.25) is 0 Å². The molecule has 0 bridgehead atoms. The SMILES string of the molecule is COc1cccc(C(O)(c2ccco2)C(F)(F)C(F)(F)F)c1. The normalized spacial score (nSPS) is 15.4. The zero-order valence-corrected chi connectivity index (χ0v) is 11.2. The maximum Gasteiger partial charge on any atom is 0.457 e. The highest BCUT2D eigenvalue weighted by molar-refractivity contribution is 5.39. The molecular formula is C14H11F5O3. The molecule has 1 aromatic heterocycles. The fourth-order valence-electron chi connectivity index (χ4n) is 2.02. The average molecular weight is 322 g/mol. The van der Waals surface area contributed by atoms with Crippen molar-refractivity contribution < 1.29 is 36.2 Å². The first-order chi connectivity index (χ1) is 10.1. The Kier molecular flexibility index (Phi) is 3.90. The Hall–Kier alpha value is -2.09. The minimum Gasteiger partial charge on any atom is -0.497 e. The van der Waals surface area contributed by atoms with Gasteiger partial charge in [-0.1, -0.05) is 12.1 Å². The first-order valence-corrected chi connectivity index (χ1v) is 6.00. The molecular weight excluding hydrogens is 311 g/mol. The van der Waals surface area contributed by atoms with Crippen molar-refractivity contribution in [2.45, 2.75) is 17.7 Å². The van der Waals surface area contributed by atoms with Gasteiger partial charge in [-0.05, 0) is 24.3 Å². The van der Waals surface area contributed by atoms with Gasteiger partial charge in [0.2, 0.25) is 5.60 Å². The largest absolute Gasteiger partial charge is 0.497 e. The minimum absolute atomic E-state index is 0.0143. The second-order valence-electron chi connectivity index (χ2n) is 4.49. The standard InChI is InChI=1S/C14H11F5O3/c1-21-10-5-2-4-9(8-10)12(20,11-6-3-7-22-11)13(15,16)14(17,18)19/h2-8,20H,1H3. The van der Waals surface area contributed by atoms with Gasteiger partial charge < -0.3 is 14.3 Å². The number of benzene rings is 1. The molecule has 1 aromatic carbocycles. The summed E-state index contributed by atoms with van der Waals surface area (Å²) < 4.78 is 75.8. The number of hydrogen-bond acceptors (Lipinski definition) is 3. The van der Waals surface area contributed by atoms with Crippen LogP contribution in [0, 0.1) is 0 Å². The predicted molar refractivity (Wildman–Crippen MR) is 65.7 cm³/mol. The zero-order chi connectivity index (χ0) is 16.6. The number of hydrogen-bond donors (Lipinski definition) is 1. The lowest BCUT2D eigenvalue weighted by Crippen LogP contribution is -2.55. The Labute approximate surface area is 121 Å². The highest BCUT2D eigenvalue weighted by Gasteiger charge is 2.72. The molecule has 1 unspecified atom stereocenters. The third-order valence-electron chi connectivity index (χ3n) is 3.18. The van der Waals surface area contributed by atoms with Gasteiger partial charge in [0.05, 0.1) is 13.4 Å². The zero-order valence-electron chi connectivity index (χ0n) is 11.2. The second kappa shape index (κ2) is 5.28. The van der Waals surface area contributed by atoms with E-state index in [1.54, 1.807) is 0 Å². The summed E-state index contributed by atoms with van der Waals surface area (Å²) >= 11 is 0. The molecule has 0 aliphatic heterocycles. The Morgan fingerprint density at radius 2 is 1.73 bits per heavy atom. The van der Waals surface area contributed by atoms with Crippen molar-refractivity contribution >= 4 is 0 Å². The first kappa shape index (κ1) is 16.3. The van der Waals surface area contributed by atoms with Gasteiger partial charge in [0.15, 0.2) is 0 Å². The van der Waals surface area contributed by atoms with Crippen LogP contribution >= 0.6 is 0 Å². The summed E-state index contributed by atoms with van der Waals surface area (Å²) in [4.78, 5) is 0. The van der Waals surface area contributed by atoms with Crippen molar-refractivity contribution in [2.24, 2.45) is 0 Å². The van der Waals surface area contributed by atoms with Crippen molar-refractivity contribution in [3.05, 3.63) is 54.0 Å². The number of ether oxygens (including phenoxy) is 1. The van der Waals surface area contributed by atoms with Gasteiger partial charge in [0, 0.05) is 5.56 Å². The smallest absolute Gasteiger partial charge is 0.457 e. The van der Waals surface area contributed by atoms with E-state index >= 15 is 0 Å². The summed E-state index contributed by atoms with van der Waals surface area (Å²) in [6.07, 6.45) is -5.09. The number of rotatable bonds is 4. The molecule has 2 rings (SSSR count). The predicted octanol–water partition coefficient (Wildman–Crippen LogP) is 3.72. The molecule has 120 valence electrons. The molecule has 3 nitrogen and oxygen atoms in total. The summed E-state index contributed by atoms with van der Waals surface area (Å²) in [5.41, 5.74) is -4.42. The van der Waals surface area contributed by atoms with Crippen LogP contribution in [-0.4, -0.2) is 24.3 Å². The van der Waals surface area contributed by atoms with Crippen LogP contribution in [0.5, 0.6) is 5.75 Å². The summed E-state index contributed by atoms with van der Waals surface area (Å²) in [7, 11) is 1.22. The van der Waals surface area contributed by atoms with E-state index in [4.69, 9.17) is 4.74 Å². The van der Waals surface area contributed by atoms with E-state index in [-0.39, 0.29) is 5.75 Å². The lowest BCUT2D eigenvalue weighted by Gasteiger charge is -2.35. The summed E-state index contributed by atoms with van der Waals surface area (Å²) in [6, 6.07) is 6.31. The van der Waals surface area contributed by atoms with Gasteiger partial charge in [0.25, 0.3) is 0 Å². The minimum atomic E-state index is -5.99. The van der Waals surface area contributed by atoms with Gasteiger partial charge >= 0.3 is 12.1 Å². The monoisotopic (exact) mass is 322 g/mol. The fraction of sp³-hybridized carbons (Fsp3) is 0.286. The van der Waals surface area contributed by atoms with Crippen LogP contribution in [0.3, 0.4) is 0 Å². The average Bonchev–Trinajstić information content (AvgIpc) is 2.99. The molecule has 1 atom stereocenters. The number of alkyl halides is 5. The number of aliphatic hydroxyl groups is 1. The molecule has 2 aromatic rings. The van der Waals surface area contributed by atoms with E-state index in [1.807, 2.05) is 0 Å². The Morgan fingerprint density at radius 1 is 1.05 bits per heavy atom. The summed E-state index contributed by atoms with van der Waals surface area (Å²) in [5, 5.41) is 10.3. The Morgan fingerprint density at radius 3 is 2.23 bits per heavy atom. The van der Waals surface area contributed by atoms with E-state index in [0.29, 0.717) is 0 Å². The molecule has 0 aliphatic carbocycles. The van der Waals surface area contributed by atoms with Crippen LogP contribution in [0.2, 0.25) is 0 Å². The number of furan rings is 1. The Bertz CT molecular complexity index is 636. The van der Waals surface area contributed by atoms with Gasteiger partial charge in [0.1, 0.15) is 11.5 Å². The van der Waals surface area contributed by atoms with E-state index < -0.39 is 29.0 Å². The van der Waals surface area contributed by atoms with Crippen molar-refractivity contribution in [1.82, 2.24) is 0 Å². The molecule has 0 saturated carbocycles. The second-order valence-corrected chi connectivity index (χ2v) is 4.49. The van der Waals surface area contributed by atoms with Crippen LogP contribution in [-0.2, 0) is 5.60 Å².